The van der Waals surface area contributed by atoms with Gasteiger partial charge in [-0.3, -0.25) is 0 Å². The van der Waals surface area contributed by atoms with E-state index in [1.54, 1.807) is 0 Å². The van der Waals surface area contributed by atoms with E-state index in [4.69, 9.17) is 9.52 Å². The zero-order valence-corrected chi connectivity index (χ0v) is 12.3. The highest BCUT2D eigenvalue weighted by Gasteiger charge is 2.08. The molecule has 0 spiro atoms. The molecule has 0 bridgehead atoms. The second-order valence-corrected chi connectivity index (χ2v) is 5.35. The molecule has 6 heteroatoms. The van der Waals surface area contributed by atoms with Crippen LogP contribution < -0.4 is 5.32 Å². The van der Waals surface area contributed by atoms with Crippen LogP contribution in [0.2, 0.25) is 0 Å². The van der Waals surface area contributed by atoms with Crippen molar-refractivity contribution in [3.05, 3.63) is 50.8 Å². The van der Waals surface area contributed by atoms with E-state index in [1.165, 1.54) is 12.3 Å². The van der Waals surface area contributed by atoms with E-state index in [2.05, 4.69) is 37.2 Å². The first kappa shape index (κ1) is 13.2. The van der Waals surface area contributed by atoms with Crippen LogP contribution in [0.15, 0.2) is 43.9 Å². The molecular formula is C12H9Br2NO3. The molecule has 0 fully saturated rings. The maximum atomic E-state index is 10.7. The molecule has 0 unspecified atom stereocenters. The van der Waals surface area contributed by atoms with Gasteiger partial charge in [-0.15, -0.1) is 0 Å². The van der Waals surface area contributed by atoms with Crippen molar-refractivity contribution < 1.29 is 14.3 Å². The molecular weight excluding hydrogens is 366 g/mol. The van der Waals surface area contributed by atoms with Gasteiger partial charge in [0.2, 0.25) is 0 Å². The van der Waals surface area contributed by atoms with Gasteiger partial charge in [-0.05, 0) is 40.2 Å². The summed E-state index contributed by atoms with van der Waals surface area (Å²) in [5, 5.41) is 11.9. The summed E-state index contributed by atoms with van der Waals surface area (Å²) in [4.78, 5) is 10.7. The molecule has 1 heterocycles. The summed E-state index contributed by atoms with van der Waals surface area (Å²) in [7, 11) is 0. The topological polar surface area (TPSA) is 62.5 Å². The first-order valence-corrected chi connectivity index (χ1v) is 6.64. The van der Waals surface area contributed by atoms with Gasteiger partial charge in [0, 0.05) is 14.6 Å². The molecule has 2 rings (SSSR count). The number of hydrogen-bond acceptors (Lipinski definition) is 3. The summed E-state index contributed by atoms with van der Waals surface area (Å²) in [6.45, 7) is 0.419. The number of carboxylic acid groups (broad SMARTS) is 1. The monoisotopic (exact) mass is 373 g/mol. The van der Waals surface area contributed by atoms with Crippen LogP contribution in [-0.2, 0) is 6.54 Å². The van der Waals surface area contributed by atoms with E-state index in [0.717, 1.165) is 14.6 Å². The van der Waals surface area contributed by atoms with Crippen LogP contribution in [0.3, 0.4) is 0 Å². The third-order valence-corrected chi connectivity index (χ3v) is 3.47. The second-order valence-electron chi connectivity index (χ2n) is 3.58. The highest BCUT2D eigenvalue weighted by molar-refractivity contribution is 9.11. The molecule has 0 radical (unpaired) electrons. The van der Waals surface area contributed by atoms with Crippen molar-refractivity contribution in [2.45, 2.75) is 6.54 Å². The van der Waals surface area contributed by atoms with Crippen molar-refractivity contribution in [1.29, 1.82) is 0 Å². The number of aromatic carboxylic acids is 1. The molecule has 18 heavy (non-hydrogen) atoms. The van der Waals surface area contributed by atoms with Crippen LogP contribution in [0.5, 0.6) is 0 Å². The van der Waals surface area contributed by atoms with Crippen LogP contribution in [0.4, 0.5) is 5.69 Å². The summed E-state index contributed by atoms with van der Waals surface area (Å²) >= 11 is 6.81. The minimum Gasteiger partial charge on any atom is -0.478 e. The summed E-state index contributed by atoms with van der Waals surface area (Å²) in [5.74, 6) is -0.423. The van der Waals surface area contributed by atoms with Gasteiger partial charge in [0.15, 0.2) is 0 Å². The Bertz CT molecular complexity index is 580. The summed E-state index contributed by atoms with van der Waals surface area (Å²) in [6.07, 6.45) is 1.23. The number of carbonyl (C=O) groups is 1. The molecule has 0 atom stereocenters. The molecule has 0 saturated carbocycles. The largest absolute Gasteiger partial charge is 0.478 e. The Hall–Kier alpha value is -1.27. The number of nitrogens with one attached hydrogen (secondary N) is 1. The fraction of sp³-hybridized carbons (Fsp3) is 0.0833. The van der Waals surface area contributed by atoms with E-state index in [1.807, 2.05) is 18.2 Å². The lowest BCUT2D eigenvalue weighted by atomic mass is 10.3. The van der Waals surface area contributed by atoms with Crippen LogP contribution in [0, 0.1) is 0 Å². The van der Waals surface area contributed by atoms with E-state index < -0.39 is 5.97 Å². The SMILES string of the molecule is O=C(O)c1coc(CNc2cc(Br)ccc2Br)c1. The molecule has 2 N–H and O–H groups in total. The molecule has 94 valence electrons. The maximum absolute atomic E-state index is 10.7. The number of carboxylic acids is 1. The van der Waals surface area contributed by atoms with Crippen molar-refractivity contribution in [3.8, 4) is 0 Å². The summed E-state index contributed by atoms with van der Waals surface area (Å²) in [6, 6.07) is 7.26. The molecule has 0 aliphatic heterocycles. The fourth-order valence-corrected chi connectivity index (χ4v) is 2.15. The Balaban J connectivity index is 2.06. The molecule has 0 amide bonds. The van der Waals surface area contributed by atoms with Crippen LogP contribution >= 0.6 is 31.9 Å². The van der Waals surface area contributed by atoms with Crippen LogP contribution in [-0.4, -0.2) is 11.1 Å². The van der Waals surface area contributed by atoms with Crippen molar-refractivity contribution in [2.24, 2.45) is 0 Å². The van der Waals surface area contributed by atoms with Crippen molar-refractivity contribution >= 4 is 43.5 Å². The van der Waals surface area contributed by atoms with Crippen molar-refractivity contribution in [3.63, 3.8) is 0 Å². The van der Waals surface area contributed by atoms with Gasteiger partial charge < -0.3 is 14.8 Å². The molecule has 0 saturated heterocycles. The minimum absolute atomic E-state index is 0.153. The average molecular weight is 375 g/mol. The number of hydrogen-bond donors (Lipinski definition) is 2. The molecule has 0 aliphatic rings. The number of halogens is 2. The predicted octanol–water partition coefficient (Wildman–Crippen LogP) is 4.11. The summed E-state index contributed by atoms with van der Waals surface area (Å²) in [5.41, 5.74) is 1.05. The zero-order valence-electron chi connectivity index (χ0n) is 9.11. The van der Waals surface area contributed by atoms with Gasteiger partial charge in [0.1, 0.15) is 12.0 Å². The van der Waals surface area contributed by atoms with Gasteiger partial charge in [0.05, 0.1) is 12.1 Å². The number of furan rings is 1. The predicted molar refractivity (Wildman–Crippen MR) is 74.8 cm³/mol. The molecule has 2 aromatic rings. The second kappa shape index (κ2) is 5.58. The van der Waals surface area contributed by atoms with Gasteiger partial charge in [-0.2, -0.15) is 0 Å². The first-order chi connectivity index (χ1) is 8.56. The normalized spacial score (nSPS) is 10.3. The Morgan fingerprint density at radius 3 is 2.78 bits per heavy atom. The quantitative estimate of drug-likeness (QED) is 0.845. The van der Waals surface area contributed by atoms with Gasteiger partial charge >= 0.3 is 5.97 Å². The third-order valence-electron chi connectivity index (χ3n) is 2.28. The van der Waals surface area contributed by atoms with Gasteiger partial charge in [-0.1, -0.05) is 15.9 Å². The number of benzene rings is 1. The molecule has 0 aliphatic carbocycles. The Morgan fingerprint density at radius 1 is 1.33 bits per heavy atom. The highest BCUT2D eigenvalue weighted by Crippen LogP contribution is 2.26. The maximum Gasteiger partial charge on any atom is 0.338 e. The summed E-state index contributed by atoms with van der Waals surface area (Å²) < 4.78 is 7.03. The number of rotatable bonds is 4. The third kappa shape index (κ3) is 3.14. The van der Waals surface area contributed by atoms with Crippen molar-refractivity contribution in [2.75, 3.05) is 5.32 Å². The average Bonchev–Trinajstić information content (AvgIpc) is 2.79. The van der Waals surface area contributed by atoms with E-state index >= 15 is 0 Å². The van der Waals surface area contributed by atoms with Gasteiger partial charge in [0.25, 0.3) is 0 Å². The zero-order chi connectivity index (χ0) is 13.1. The Labute approximate surface area is 120 Å². The highest BCUT2D eigenvalue weighted by atomic mass is 79.9. The molecule has 1 aromatic heterocycles. The fourth-order valence-electron chi connectivity index (χ4n) is 1.40. The molecule has 1 aromatic carbocycles. The van der Waals surface area contributed by atoms with E-state index in [0.29, 0.717) is 12.3 Å². The first-order valence-electron chi connectivity index (χ1n) is 5.06. The lowest BCUT2D eigenvalue weighted by molar-refractivity contribution is 0.0696. The number of anilines is 1. The van der Waals surface area contributed by atoms with Crippen molar-refractivity contribution in [1.82, 2.24) is 0 Å². The van der Waals surface area contributed by atoms with Crippen LogP contribution in [0.25, 0.3) is 0 Å². The van der Waals surface area contributed by atoms with E-state index in [9.17, 15) is 4.79 Å². The minimum atomic E-state index is -0.992. The smallest absolute Gasteiger partial charge is 0.338 e. The van der Waals surface area contributed by atoms with Crippen LogP contribution in [0.1, 0.15) is 16.1 Å². The lowest BCUT2D eigenvalue weighted by Crippen LogP contribution is -1.99. The van der Waals surface area contributed by atoms with E-state index in [-0.39, 0.29) is 5.56 Å². The molecule has 4 nitrogen and oxygen atoms in total. The Morgan fingerprint density at radius 2 is 2.11 bits per heavy atom. The standard InChI is InChI=1S/C12H9Br2NO3/c13-8-1-2-10(14)11(4-8)15-5-9-3-7(6-18-9)12(16)17/h1-4,6,15H,5H2,(H,16,17). The van der Waals surface area contributed by atoms with Gasteiger partial charge in [-0.25, -0.2) is 4.79 Å². The Kier molecular flexibility index (Phi) is 4.08. The lowest BCUT2D eigenvalue weighted by Gasteiger charge is -2.07.